The van der Waals surface area contributed by atoms with Crippen molar-refractivity contribution in [1.82, 2.24) is 10.3 Å². The van der Waals surface area contributed by atoms with E-state index in [1.807, 2.05) is 11.3 Å². The topological polar surface area (TPSA) is 24.9 Å². The summed E-state index contributed by atoms with van der Waals surface area (Å²) in [5.41, 5.74) is 4.45. The maximum absolute atomic E-state index is 4.72. The fourth-order valence-corrected chi connectivity index (χ4v) is 4.49. The second kappa shape index (κ2) is 6.29. The van der Waals surface area contributed by atoms with Crippen LogP contribution in [0.15, 0.2) is 29.6 Å². The molecule has 0 saturated carbocycles. The van der Waals surface area contributed by atoms with Crippen molar-refractivity contribution >= 4 is 11.3 Å². The van der Waals surface area contributed by atoms with Crippen LogP contribution in [0.25, 0.3) is 0 Å². The molecule has 0 aliphatic heterocycles. The summed E-state index contributed by atoms with van der Waals surface area (Å²) in [6, 6.07) is 9.02. The van der Waals surface area contributed by atoms with Crippen LogP contribution in [0.1, 0.15) is 41.6 Å². The number of aryl methyl sites for hydroxylation is 2. The number of nitrogens with one attached hydrogen (secondary N) is 1. The number of benzene rings is 1. The highest BCUT2D eigenvalue weighted by molar-refractivity contribution is 7.09. The van der Waals surface area contributed by atoms with E-state index in [-0.39, 0.29) is 5.41 Å². The lowest BCUT2D eigenvalue weighted by Crippen LogP contribution is -2.42. The number of aromatic nitrogens is 1. The lowest BCUT2D eigenvalue weighted by Gasteiger charge is -2.39. The molecule has 21 heavy (non-hydrogen) atoms. The molecule has 1 aliphatic carbocycles. The molecule has 1 unspecified atom stereocenters. The summed E-state index contributed by atoms with van der Waals surface area (Å²) >= 11 is 1.81. The molecule has 1 N–H and O–H groups in total. The van der Waals surface area contributed by atoms with Gasteiger partial charge in [-0.25, -0.2) is 4.98 Å². The third kappa shape index (κ3) is 3.04. The van der Waals surface area contributed by atoms with Gasteiger partial charge in [-0.2, -0.15) is 0 Å². The fraction of sp³-hybridized carbons (Fsp3) is 0.500. The molecular weight excluding hydrogens is 276 g/mol. The SMILES string of the molecule is CCNCC1(Cc2nc(C)cs2)CCCc2ccccc21. The first-order valence-electron chi connectivity index (χ1n) is 7.94. The van der Waals surface area contributed by atoms with Crippen LogP contribution in [-0.4, -0.2) is 18.1 Å². The summed E-state index contributed by atoms with van der Waals surface area (Å²) in [5, 5.41) is 7.05. The monoisotopic (exact) mass is 300 g/mol. The van der Waals surface area contributed by atoms with Crippen LogP contribution < -0.4 is 5.32 Å². The second-order valence-electron chi connectivity index (χ2n) is 6.13. The van der Waals surface area contributed by atoms with Crippen molar-refractivity contribution in [3.05, 3.63) is 51.5 Å². The van der Waals surface area contributed by atoms with Gasteiger partial charge in [-0.15, -0.1) is 11.3 Å². The van der Waals surface area contributed by atoms with E-state index in [9.17, 15) is 0 Å². The van der Waals surface area contributed by atoms with Crippen molar-refractivity contribution < 1.29 is 0 Å². The van der Waals surface area contributed by atoms with E-state index in [0.717, 1.165) is 25.2 Å². The molecular formula is C18H24N2S. The first-order valence-corrected chi connectivity index (χ1v) is 8.81. The van der Waals surface area contributed by atoms with E-state index in [1.165, 1.54) is 29.8 Å². The Labute approximate surface area is 131 Å². The molecule has 2 aromatic rings. The van der Waals surface area contributed by atoms with Gasteiger partial charge in [0.25, 0.3) is 0 Å². The van der Waals surface area contributed by atoms with E-state index >= 15 is 0 Å². The van der Waals surface area contributed by atoms with E-state index in [0.29, 0.717) is 0 Å². The highest BCUT2D eigenvalue weighted by Crippen LogP contribution is 2.40. The van der Waals surface area contributed by atoms with Crippen molar-refractivity contribution in [2.24, 2.45) is 0 Å². The Kier molecular flexibility index (Phi) is 4.41. The van der Waals surface area contributed by atoms with E-state index < -0.39 is 0 Å². The summed E-state index contributed by atoms with van der Waals surface area (Å²) < 4.78 is 0. The minimum atomic E-state index is 0.217. The largest absolute Gasteiger partial charge is 0.316 e. The number of rotatable bonds is 5. The normalized spacial score (nSPS) is 21.2. The Morgan fingerprint density at radius 1 is 1.33 bits per heavy atom. The summed E-state index contributed by atoms with van der Waals surface area (Å²) in [7, 11) is 0. The minimum absolute atomic E-state index is 0.217. The van der Waals surface area contributed by atoms with Crippen molar-refractivity contribution in [1.29, 1.82) is 0 Å². The predicted octanol–water partition coefficient (Wildman–Crippen LogP) is 3.88. The predicted molar refractivity (Wildman–Crippen MR) is 90.2 cm³/mol. The molecule has 1 aromatic heterocycles. The van der Waals surface area contributed by atoms with Gasteiger partial charge in [-0.1, -0.05) is 31.2 Å². The number of hydrogen-bond acceptors (Lipinski definition) is 3. The number of fused-ring (bicyclic) bond motifs is 1. The molecule has 3 rings (SSSR count). The molecule has 0 fully saturated rings. The number of hydrogen-bond donors (Lipinski definition) is 1. The van der Waals surface area contributed by atoms with Crippen molar-refractivity contribution in [2.75, 3.05) is 13.1 Å². The lowest BCUT2D eigenvalue weighted by atomic mass is 9.68. The Morgan fingerprint density at radius 3 is 2.95 bits per heavy atom. The Morgan fingerprint density at radius 2 is 2.19 bits per heavy atom. The van der Waals surface area contributed by atoms with Gasteiger partial charge in [0.15, 0.2) is 0 Å². The van der Waals surface area contributed by atoms with Crippen LogP contribution in [-0.2, 0) is 18.3 Å². The van der Waals surface area contributed by atoms with Gasteiger partial charge >= 0.3 is 0 Å². The second-order valence-corrected chi connectivity index (χ2v) is 7.07. The van der Waals surface area contributed by atoms with Crippen LogP contribution in [0.3, 0.4) is 0 Å². The van der Waals surface area contributed by atoms with Crippen molar-refractivity contribution in [3.8, 4) is 0 Å². The first-order chi connectivity index (χ1) is 10.2. The zero-order valence-electron chi connectivity index (χ0n) is 13.0. The molecule has 0 radical (unpaired) electrons. The molecule has 1 aliphatic rings. The quantitative estimate of drug-likeness (QED) is 0.906. The standard InChI is InChI=1S/C18H24N2S/c1-3-19-13-18(11-17-20-14(2)12-21-17)10-6-8-15-7-4-5-9-16(15)18/h4-5,7,9,12,19H,3,6,8,10-11,13H2,1-2H3. The van der Waals surface area contributed by atoms with Gasteiger partial charge < -0.3 is 5.32 Å². The minimum Gasteiger partial charge on any atom is -0.316 e. The third-order valence-corrected chi connectivity index (χ3v) is 5.53. The van der Waals surface area contributed by atoms with Gasteiger partial charge in [0.2, 0.25) is 0 Å². The number of thiazole rings is 1. The van der Waals surface area contributed by atoms with Crippen molar-refractivity contribution in [2.45, 2.75) is 44.9 Å². The van der Waals surface area contributed by atoms with Crippen LogP contribution in [0.5, 0.6) is 0 Å². The summed E-state index contributed by atoms with van der Waals surface area (Å²) in [6.45, 7) is 6.36. The van der Waals surface area contributed by atoms with Gasteiger partial charge in [-0.3, -0.25) is 0 Å². The zero-order valence-corrected chi connectivity index (χ0v) is 13.8. The molecule has 2 nitrogen and oxygen atoms in total. The molecule has 0 amide bonds. The molecule has 0 spiro atoms. The van der Waals surface area contributed by atoms with Gasteiger partial charge in [-0.05, 0) is 43.9 Å². The fourth-order valence-electron chi connectivity index (χ4n) is 3.57. The van der Waals surface area contributed by atoms with Gasteiger partial charge in [0.05, 0.1) is 5.01 Å². The zero-order chi connectivity index (χ0) is 14.7. The highest BCUT2D eigenvalue weighted by atomic mass is 32.1. The smallest absolute Gasteiger partial charge is 0.0937 e. The van der Waals surface area contributed by atoms with Crippen LogP contribution in [0, 0.1) is 6.92 Å². The Balaban J connectivity index is 1.97. The Hall–Kier alpha value is -1.19. The van der Waals surface area contributed by atoms with Crippen LogP contribution in [0.2, 0.25) is 0 Å². The van der Waals surface area contributed by atoms with Crippen LogP contribution >= 0.6 is 11.3 Å². The number of nitrogens with zero attached hydrogens (tertiary/aromatic N) is 1. The van der Waals surface area contributed by atoms with E-state index in [4.69, 9.17) is 4.98 Å². The lowest BCUT2D eigenvalue weighted by molar-refractivity contribution is 0.338. The molecule has 1 atom stereocenters. The third-order valence-electron chi connectivity index (χ3n) is 4.56. The maximum atomic E-state index is 4.72. The maximum Gasteiger partial charge on any atom is 0.0937 e. The summed E-state index contributed by atoms with van der Waals surface area (Å²) in [6.07, 6.45) is 4.83. The first kappa shape index (κ1) is 14.7. The summed E-state index contributed by atoms with van der Waals surface area (Å²) in [4.78, 5) is 4.72. The molecule has 0 bridgehead atoms. The van der Waals surface area contributed by atoms with Crippen molar-refractivity contribution in [3.63, 3.8) is 0 Å². The average molecular weight is 300 g/mol. The summed E-state index contributed by atoms with van der Waals surface area (Å²) in [5.74, 6) is 0. The number of likely N-dealkylation sites (N-methyl/N-ethyl adjacent to an activating group) is 1. The molecule has 112 valence electrons. The molecule has 1 heterocycles. The van der Waals surface area contributed by atoms with E-state index in [1.54, 1.807) is 5.56 Å². The molecule has 0 saturated heterocycles. The van der Waals surface area contributed by atoms with Gasteiger partial charge in [0, 0.05) is 29.5 Å². The molecule has 3 heteroatoms. The van der Waals surface area contributed by atoms with Crippen LogP contribution in [0.4, 0.5) is 0 Å². The average Bonchev–Trinajstić information content (AvgIpc) is 2.91. The van der Waals surface area contributed by atoms with Gasteiger partial charge in [0.1, 0.15) is 0 Å². The van der Waals surface area contributed by atoms with E-state index in [2.05, 4.69) is 48.8 Å². The highest BCUT2D eigenvalue weighted by Gasteiger charge is 2.36. The molecule has 1 aromatic carbocycles. The Bertz CT molecular complexity index is 605.